The second kappa shape index (κ2) is 4.77. The lowest BCUT2D eigenvalue weighted by molar-refractivity contribution is 0.0941. The Balaban J connectivity index is 2.33. The van der Waals surface area contributed by atoms with Crippen LogP contribution in [-0.4, -0.2) is 10.5 Å². The summed E-state index contributed by atoms with van der Waals surface area (Å²) < 4.78 is 1.32. The summed E-state index contributed by atoms with van der Waals surface area (Å²) >= 11 is 17.9. The molecule has 7 heteroatoms. The second-order valence-electron chi connectivity index (χ2n) is 4.89. The fourth-order valence-corrected chi connectivity index (χ4v) is 3.19. The number of benzene rings is 1. The Labute approximate surface area is 135 Å². The predicted molar refractivity (Wildman–Crippen MR) is 82.4 cm³/mol. The highest BCUT2D eigenvalue weighted by atomic mass is 35.5. The van der Waals surface area contributed by atoms with Gasteiger partial charge in [-0.3, -0.25) is 14.2 Å². The van der Waals surface area contributed by atoms with Gasteiger partial charge in [-0.2, -0.15) is 0 Å². The van der Waals surface area contributed by atoms with Crippen molar-refractivity contribution >= 4 is 40.7 Å². The molecule has 2 aromatic rings. The molecule has 0 saturated carbocycles. The maximum absolute atomic E-state index is 12.3. The summed E-state index contributed by atoms with van der Waals surface area (Å²) in [7, 11) is 0. The highest BCUT2D eigenvalue weighted by Crippen LogP contribution is 2.32. The molecule has 1 unspecified atom stereocenters. The van der Waals surface area contributed by atoms with E-state index >= 15 is 0 Å². The van der Waals surface area contributed by atoms with Crippen LogP contribution < -0.4 is 10.9 Å². The highest BCUT2D eigenvalue weighted by molar-refractivity contribution is 6.34. The number of hydrogen-bond donors (Lipinski definition) is 1. The molecule has 2 heterocycles. The molecule has 108 valence electrons. The lowest BCUT2D eigenvalue weighted by Crippen LogP contribution is -2.45. The van der Waals surface area contributed by atoms with Gasteiger partial charge >= 0.3 is 0 Å². The molecular formula is C14H9Cl3N2O2. The molecule has 21 heavy (non-hydrogen) atoms. The first-order valence-electron chi connectivity index (χ1n) is 6.04. The number of pyridine rings is 1. The number of nitrogens with one attached hydrogen (secondary N) is 1. The topological polar surface area (TPSA) is 51.1 Å². The van der Waals surface area contributed by atoms with E-state index in [-0.39, 0.29) is 16.6 Å². The van der Waals surface area contributed by atoms with Crippen molar-refractivity contribution in [1.82, 2.24) is 9.88 Å². The van der Waals surface area contributed by atoms with Crippen molar-refractivity contribution in [1.29, 1.82) is 0 Å². The van der Waals surface area contributed by atoms with Crippen LogP contribution in [0.5, 0.6) is 0 Å². The fraction of sp³-hybridized carbons (Fsp3) is 0.143. The number of hydrogen-bond acceptors (Lipinski definition) is 2. The minimum Gasteiger partial charge on any atom is -0.324 e. The Kier molecular flexibility index (Phi) is 3.28. The molecule has 4 nitrogen and oxygen atoms in total. The maximum Gasteiger partial charge on any atom is 0.272 e. The molecule has 3 rings (SSSR count). The van der Waals surface area contributed by atoms with E-state index < -0.39 is 11.2 Å². The zero-order valence-electron chi connectivity index (χ0n) is 10.8. The van der Waals surface area contributed by atoms with Gasteiger partial charge in [-0.25, -0.2) is 0 Å². The van der Waals surface area contributed by atoms with Gasteiger partial charge in [0.25, 0.3) is 11.5 Å². The lowest BCUT2D eigenvalue weighted by Gasteiger charge is -2.28. The zero-order chi connectivity index (χ0) is 15.4. The van der Waals surface area contributed by atoms with Crippen LogP contribution in [0.3, 0.4) is 0 Å². The fourth-order valence-electron chi connectivity index (χ4n) is 2.51. The predicted octanol–water partition coefficient (Wildman–Crippen LogP) is 3.27. The van der Waals surface area contributed by atoms with E-state index in [1.807, 2.05) is 0 Å². The Morgan fingerprint density at radius 3 is 2.29 bits per heavy atom. The Bertz CT molecular complexity index is 811. The molecule has 0 fully saturated rings. The number of halogens is 3. The van der Waals surface area contributed by atoms with Crippen LogP contribution in [-0.2, 0) is 5.66 Å². The van der Waals surface area contributed by atoms with Gasteiger partial charge in [0.1, 0.15) is 16.4 Å². The van der Waals surface area contributed by atoms with E-state index in [2.05, 4.69) is 5.32 Å². The van der Waals surface area contributed by atoms with Crippen molar-refractivity contribution in [3.63, 3.8) is 0 Å². The lowest BCUT2D eigenvalue weighted by atomic mass is 10.0. The van der Waals surface area contributed by atoms with E-state index in [1.165, 1.54) is 16.7 Å². The first-order chi connectivity index (χ1) is 9.83. The average molecular weight is 344 g/mol. The van der Waals surface area contributed by atoms with Crippen LogP contribution in [0.15, 0.2) is 35.1 Å². The molecule has 1 aromatic carbocycles. The van der Waals surface area contributed by atoms with E-state index in [4.69, 9.17) is 34.8 Å². The summed E-state index contributed by atoms with van der Waals surface area (Å²) in [6.45, 7) is 1.70. The summed E-state index contributed by atoms with van der Waals surface area (Å²) in [6.07, 6.45) is 0. The Morgan fingerprint density at radius 2 is 1.67 bits per heavy atom. The van der Waals surface area contributed by atoms with Gasteiger partial charge in [0.15, 0.2) is 0 Å². The zero-order valence-corrected chi connectivity index (χ0v) is 13.1. The molecule has 0 saturated heterocycles. The van der Waals surface area contributed by atoms with Gasteiger partial charge in [0, 0.05) is 15.6 Å². The third kappa shape index (κ3) is 2.14. The summed E-state index contributed by atoms with van der Waals surface area (Å²) in [4.78, 5) is 24.4. The first-order valence-corrected chi connectivity index (χ1v) is 7.17. The number of fused-ring (bicyclic) bond motifs is 1. The second-order valence-corrected chi connectivity index (χ2v) is 6.17. The maximum atomic E-state index is 12.3. The van der Waals surface area contributed by atoms with Gasteiger partial charge in [0.05, 0.1) is 0 Å². The van der Waals surface area contributed by atoms with Crippen molar-refractivity contribution in [2.75, 3.05) is 0 Å². The number of nitrogens with zero attached hydrogens (tertiary/aromatic N) is 1. The number of carbonyl (C=O) groups is 1. The third-order valence-electron chi connectivity index (χ3n) is 3.50. The molecule has 1 amide bonds. The van der Waals surface area contributed by atoms with Gasteiger partial charge in [-0.1, -0.05) is 34.8 Å². The molecule has 0 aliphatic carbocycles. The minimum absolute atomic E-state index is 0.0367. The largest absolute Gasteiger partial charge is 0.324 e. The van der Waals surface area contributed by atoms with Crippen LogP contribution >= 0.6 is 34.8 Å². The summed E-state index contributed by atoms with van der Waals surface area (Å²) in [5.74, 6) is -0.359. The summed E-state index contributed by atoms with van der Waals surface area (Å²) in [5, 5.41) is 3.65. The molecule has 1 aromatic heterocycles. The van der Waals surface area contributed by atoms with Crippen molar-refractivity contribution in [3.05, 3.63) is 67.0 Å². The first kappa shape index (κ1) is 14.4. The number of aromatic nitrogens is 1. The van der Waals surface area contributed by atoms with E-state index in [0.29, 0.717) is 15.6 Å². The van der Waals surface area contributed by atoms with Crippen molar-refractivity contribution in [3.8, 4) is 0 Å². The van der Waals surface area contributed by atoms with Gasteiger partial charge in [0.2, 0.25) is 0 Å². The van der Waals surface area contributed by atoms with Crippen molar-refractivity contribution in [2.45, 2.75) is 12.6 Å². The number of carbonyl (C=O) groups excluding carboxylic acids is 1. The van der Waals surface area contributed by atoms with Crippen LogP contribution in [0.1, 0.15) is 23.0 Å². The summed E-state index contributed by atoms with van der Waals surface area (Å²) in [5.41, 5.74) is -0.714. The SMILES string of the molecule is CC1(c2cc(Cl)cc(Cl)c2)NC(=O)c2ccc(Cl)c(=O)n21. The summed E-state index contributed by atoms with van der Waals surface area (Å²) in [6, 6.07) is 7.79. The van der Waals surface area contributed by atoms with E-state index in [1.54, 1.807) is 25.1 Å². The molecule has 0 spiro atoms. The quantitative estimate of drug-likeness (QED) is 0.864. The Hall–Kier alpha value is -1.49. The molecule has 1 aliphatic rings. The van der Waals surface area contributed by atoms with Crippen molar-refractivity contribution in [2.24, 2.45) is 0 Å². The molecular weight excluding hydrogens is 335 g/mol. The van der Waals surface area contributed by atoms with Gasteiger partial charge in [-0.05, 0) is 37.3 Å². The van der Waals surface area contributed by atoms with Crippen LogP contribution in [0.25, 0.3) is 0 Å². The third-order valence-corrected chi connectivity index (χ3v) is 4.22. The van der Waals surface area contributed by atoms with Crippen LogP contribution in [0.4, 0.5) is 0 Å². The highest BCUT2D eigenvalue weighted by Gasteiger charge is 2.41. The van der Waals surface area contributed by atoms with Crippen molar-refractivity contribution < 1.29 is 4.79 Å². The number of rotatable bonds is 1. The molecule has 1 aliphatic heterocycles. The smallest absolute Gasteiger partial charge is 0.272 e. The van der Waals surface area contributed by atoms with Gasteiger partial charge < -0.3 is 5.32 Å². The molecule has 0 radical (unpaired) electrons. The standard InChI is InChI=1S/C14H9Cl3N2O2/c1-14(7-4-8(15)6-9(16)5-7)18-12(20)11-3-2-10(17)13(21)19(11)14/h2-6H,1H3,(H,18,20). The monoisotopic (exact) mass is 342 g/mol. The molecule has 1 N–H and O–H groups in total. The average Bonchev–Trinajstić information content (AvgIpc) is 2.66. The molecule has 0 bridgehead atoms. The normalized spacial score (nSPS) is 20.3. The Morgan fingerprint density at radius 1 is 1.05 bits per heavy atom. The molecule has 1 atom stereocenters. The minimum atomic E-state index is -1.09. The van der Waals surface area contributed by atoms with Crippen LogP contribution in [0.2, 0.25) is 15.1 Å². The number of amides is 1. The van der Waals surface area contributed by atoms with E-state index in [0.717, 1.165) is 0 Å². The van der Waals surface area contributed by atoms with E-state index in [9.17, 15) is 9.59 Å². The van der Waals surface area contributed by atoms with Gasteiger partial charge in [-0.15, -0.1) is 0 Å². The van der Waals surface area contributed by atoms with Crippen LogP contribution in [0, 0.1) is 0 Å².